The Hall–Kier alpha value is -0.240. The van der Waals surface area contributed by atoms with Crippen molar-refractivity contribution >= 4 is 23.2 Å². The van der Waals surface area contributed by atoms with Crippen LogP contribution in [0.3, 0.4) is 0 Å². The first-order valence-corrected chi connectivity index (χ1v) is 5.03. The molecule has 0 spiro atoms. The normalized spacial score (nSPS) is 26.1. The van der Waals surface area contributed by atoms with E-state index in [-0.39, 0.29) is 5.60 Å². The molecule has 2 rings (SSSR count). The van der Waals surface area contributed by atoms with Gasteiger partial charge in [0.1, 0.15) is 5.60 Å². The Balaban J connectivity index is 2.41. The Morgan fingerprint density at radius 1 is 1.46 bits per heavy atom. The number of halogens is 2. The highest BCUT2D eigenvalue weighted by atomic mass is 35.5. The van der Waals surface area contributed by atoms with E-state index in [4.69, 9.17) is 27.9 Å². The summed E-state index contributed by atoms with van der Waals surface area (Å²) >= 11 is 11.9. The van der Waals surface area contributed by atoms with Gasteiger partial charge in [-0.1, -0.05) is 36.2 Å². The second-order valence-electron chi connectivity index (χ2n) is 3.26. The van der Waals surface area contributed by atoms with E-state index in [2.05, 4.69) is 6.92 Å². The molecule has 1 aromatic rings. The number of hydrogen-bond donors (Lipinski definition) is 0. The van der Waals surface area contributed by atoms with Crippen molar-refractivity contribution in [1.29, 1.82) is 0 Å². The van der Waals surface area contributed by atoms with Crippen molar-refractivity contribution in [2.75, 3.05) is 6.61 Å². The van der Waals surface area contributed by atoms with Crippen molar-refractivity contribution in [3.63, 3.8) is 0 Å². The van der Waals surface area contributed by atoms with Gasteiger partial charge >= 0.3 is 0 Å². The third kappa shape index (κ3) is 1.56. The number of epoxide rings is 1. The third-order valence-electron chi connectivity index (χ3n) is 2.49. The molecule has 1 atom stereocenters. The Bertz CT molecular complexity index is 332. The first-order chi connectivity index (χ1) is 6.18. The smallest absolute Gasteiger partial charge is 0.118 e. The molecule has 1 aliphatic rings. The van der Waals surface area contributed by atoms with Crippen LogP contribution in [0.1, 0.15) is 18.9 Å². The van der Waals surface area contributed by atoms with E-state index < -0.39 is 0 Å². The molecular formula is C10H10Cl2O. The van der Waals surface area contributed by atoms with E-state index in [1.807, 2.05) is 12.1 Å². The van der Waals surface area contributed by atoms with Crippen LogP contribution in [0.4, 0.5) is 0 Å². The predicted molar refractivity (Wildman–Crippen MR) is 54.4 cm³/mol. The molecule has 0 saturated carbocycles. The average molecular weight is 217 g/mol. The largest absolute Gasteiger partial charge is 0.364 e. The van der Waals surface area contributed by atoms with Crippen molar-refractivity contribution < 1.29 is 4.74 Å². The Labute approximate surface area is 87.6 Å². The minimum absolute atomic E-state index is 0.123. The van der Waals surface area contributed by atoms with Gasteiger partial charge in [0.2, 0.25) is 0 Å². The highest BCUT2D eigenvalue weighted by Crippen LogP contribution is 2.45. The monoisotopic (exact) mass is 216 g/mol. The van der Waals surface area contributed by atoms with Crippen molar-refractivity contribution in [2.45, 2.75) is 18.9 Å². The van der Waals surface area contributed by atoms with Gasteiger partial charge in [-0.15, -0.1) is 0 Å². The zero-order chi connectivity index (χ0) is 9.47. The molecule has 0 aromatic heterocycles. The van der Waals surface area contributed by atoms with Crippen molar-refractivity contribution in [2.24, 2.45) is 0 Å². The van der Waals surface area contributed by atoms with Gasteiger partial charge in [-0.3, -0.25) is 0 Å². The summed E-state index contributed by atoms with van der Waals surface area (Å²) in [4.78, 5) is 0. The highest BCUT2D eigenvalue weighted by Gasteiger charge is 2.45. The molecule has 0 N–H and O–H groups in total. The summed E-state index contributed by atoms with van der Waals surface area (Å²) in [6.07, 6.45) is 0.953. The summed E-state index contributed by atoms with van der Waals surface area (Å²) in [5, 5.41) is 1.37. The molecule has 0 bridgehead atoms. The zero-order valence-corrected chi connectivity index (χ0v) is 8.82. The van der Waals surface area contributed by atoms with Crippen LogP contribution < -0.4 is 0 Å². The number of rotatable bonds is 2. The van der Waals surface area contributed by atoms with Crippen molar-refractivity contribution in [3.05, 3.63) is 33.8 Å². The van der Waals surface area contributed by atoms with E-state index in [1.165, 1.54) is 0 Å². The van der Waals surface area contributed by atoms with E-state index in [1.54, 1.807) is 6.07 Å². The molecule has 1 aromatic carbocycles. The fraction of sp³-hybridized carbons (Fsp3) is 0.400. The molecule has 13 heavy (non-hydrogen) atoms. The van der Waals surface area contributed by atoms with Crippen LogP contribution in [0.2, 0.25) is 10.0 Å². The lowest BCUT2D eigenvalue weighted by atomic mass is 9.97. The van der Waals surface area contributed by atoms with Gasteiger partial charge in [0.15, 0.2) is 0 Å². The second kappa shape index (κ2) is 3.16. The van der Waals surface area contributed by atoms with Gasteiger partial charge in [-0.05, 0) is 18.6 Å². The molecule has 1 saturated heterocycles. The lowest BCUT2D eigenvalue weighted by molar-refractivity contribution is 0.301. The topological polar surface area (TPSA) is 12.5 Å². The van der Waals surface area contributed by atoms with Gasteiger partial charge in [0.25, 0.3) is 0 Å². The summed E-state index contributed by atoms with van der Waals surface area (Å²) in [5.74, 6) is 0. The van der Waals surface area contributed by atoms with E-state index in [0.717, 1.165) is 18.6 Å². The molecule has 0 amide bonds. The van der Waals surface area contributed by atoms with Crippen LogP contribution in [0.25, 0.3) is 0 Å². The number of ether oxygens (including phenoxy) is 1. The maximum atomic E-state index is 6.07. The molecule has 1 nitrogen and oxygen atoms in total. The first-order valence-electron chi connectivity index (χ1n) is 4.27. The average Bonchev–Trinajstić information content (AvgIpc) is 2.85. The van der Waals surface area contributed by atoms with Gasteiger partial charge in [-0.25, -0.2) is 0 Å². The Morgan fingerprint density at radius 3 is 2.62 bits per heavy atom. The van der Waals surface area contributed by atoms with Crippen LogP contribution in [0.15, 0.2) is 18.2 Å². The quantitative estimate of drug-likeness (QED) is 0.689. The molecule has 1 heterocycles. The zero-order valence-electron chi connectivity index (χ0n) is 7.31. The SMILES string of the molecule is CCC1(c2ccc(Cl)cc2Cl)CO1. The molecule has 70 valence electrons. The highest BCUT2D eigenvalue weighted by molar-refractivity contribution is 6.35. The van der Waals surface area contributed by atoms with E-state index in [9.17, 15) is 0 Å². The van der Waals surface area contributed by atoms with Gasteiger partial charge < -0.3 is 4.74 Å². The molecular weight excluding hydrogens is 207 g/mol. The fourth-order valence-corrected chi connectivity index (χ4v) is 2.08. The Morgan fingerprint density at radius 2 is 2.15 bits per heavy atom. The van der Waals surface area contributed by atoms with Crippen LogP contribution >= 0.6 is 23.2 Å². The number of hydrogen-bond acceptors (Lipinski definition) is 1. The van der Waals surface area contributed by atoms with Crippen molar-refractivity contribution in [1.82, 2.24) is 0 Å². The minimum atomic E-state index is -0.123. The van der Waals surface area contributed by atoms with Crippen molar-refractivity contribution in [3.8, 4) is 0 Å². The Kier molecular flexibility index (Phi) is 2.26. The van der Waals surface area contributed by atoms with Crippen LogP contribution in [0.5, 0.6) is 0 Å². The lowest BCUT2D eigenvalue weighted by Crippen LogP contribution is -2.07. The predicted octanol–water partition coefficient (Wildman–Crippen LogP) is 3.63. The standard InChI is InChI=1S/C10H10Cl2O/c1-2-10(6-13-10)8-4-3-7(11)5-9(8)12/h3-5H,2,6H2,1H3. The summed E-state index contributed by atoms with van der Waals surface area (Å²) in [7, 11) is 0. The maximum absolute atomic E-state index is 6.07. The third-order valence-corrected chi connectivity index (χ3v) is 3.03. The van der Waals surface area contributed by atoms with E-state index >= 15 is 0 Å². The molecule has 3 heteroatoms. The second-order valence-corrected chi connectivity index (χ2v) is 4.10. The van der Waals surface area contributed by atoms with Crippen LogP contribution in [-0.2, 0) is 10.3 Å². The molecule has 1 aliphatic heterocycles. The number of benzene rings is 1. The van der Waals surface area contributed by atoms with Gasteiger partial charge in [0, 0.05) is 15.6 Å². The lowest BCUT2D eigenvalue weighted by Gasteiger charge is -2.11. The van der Waals surface area contributed by atoms with Gasteiger partial charge in [0.05, 0.1) is 6.61 Å². The molecule has 1 unspecified atom stereocenters. The summed E-state index contributed by atoms with van der Waals surface area (Å²) in [6, 6.07) is 5.56. The van der Waals surface area contributed by atoms with Crippen LogP contribution in [-0.4, -0.2) is 6.61 Å². The summed E-state index contributed by atoms with van der Waals surface area (Å²) < 4.78 is 5.42. The van der Waals surface area contributed by atoms with Gasteiger partial charge in [-0.2, -0.15) is 0 Å². The summed E-state index contributed by atoms with van der Waals surface area (Å²) in [6.45, 7) is 2.86. The maximum Gasteiger partial charge on any atom is 0.118 e. The van der Waals surface area contributed by atoms with E-state index in [0.29, 0.717) is 10.0 Å². The minimum Gasteiger partial charge on any atom is -0.364 e. The molecule has 0 radical (unpaired) electrons. The van der Waals surface area contributed by atoms with Crippen LogP contribution in [0, 0.1) is 0 Å². The summed E-state index contributed by atoms with van der Waals surface area (Å²) in [5.41, 5.74) is 0.933. The first kappa shape index (κ1) is 9.32. The molecule has 1 fully saturated rings. The fourth-order valence-electron chi connectivity index (χ4n) is 1.50. The molecule has 0 aliphatic carbocycles.